The number of Topliss-reactive ketones (excluding diaryl/α,β-unsaturated/α-hetero) is 2. The third-order valence-electron chi connectivity index (χ3n) is 7.00. The molecule has 0 bridgehead atoms. The number of ketones is 3. The van der Waals surface area contributed by atoms with Gasteiger partial charge in [0.25, 0.3) is 0 Å². The molecule has 1 saturated heterocycles. The molecule has 201 valence electrons. The Morgan fingerprint density at radius 1 is 1.30 bits per heavy atom. The molecular weight excluding hydrogens is 533 g/mol. The minimum Gasteiger partial charge on any atom is -0.389 e. The Bertz CT molecular complexity index is 1230. The molecular formula is C25H27CoNO10. The van der Waals surface area contributed by atoms with E-state index < -0.39 is 95.7 Å². The van der Waals surface area contributed by atoms with Gasteiger partial charge in [0.2, 0.25) is 0 Å². The number of hydrogen-bond acceptors (Lipinski definition) is 11. The van der Waals surface area contributed by atoms with Gasteiger partial charge in [-0.3, -0.25) is 0 Å². The SMILES string of the molecule is C[C@@H]1O[C@@H](O[C@H]2C[C@](O)(C(=O)CO)Cc3c(O)c4c(c(O)c32)C(=O)C=C(/C=C\[CH]=[Co])C4=O)C[C@H](N)[C@@H]1O. The van der Waals surface area contributed by atoms with Gasteiger partial charge < -0.3 is 20.7 Å². The van der Waals surface area contributed by atoms with E-state index >= 15 is 0 Å². The van der Waals surface area contributed by atoms with E-state index in [0.717, 1.165) is 6.08 Å². The van der Waals surface area contributed by atoms with Crippen molar-refractivity contribution in [2.24, 2.45) is 5.73 Å². The molecule has 0 unspecified atom stereocenters. The number of phenols is 2. The van der Waals surface area contributed by atoms with Gasteiger partial charge in [0.15, 0.2) is 0 Å². The first-order valence-electron chi connectivity index (χ1n) is 11.5. The molecule has 1 heterocycles. The van der Waals surface area contributed by atoms with E-state index in [1.54, 1.807) is 6.92 Å². The first kappa shape index (κ1) is 27.5. The topological polar surface area (TPSA) is 197 Å². The second-order valence-corrected chi connectivity index (χ2v) is 9.73. The minimum absolute atomic E-state index is 0.0271. The van der Waals surface area contributed by atoms with Crippen LogP contribution in [-0.2, 0) is 36.0 Å². The third-order valence-corrected chi connectivity index (χ3v) is 7.20. The number of fused-ring (bicyclic) bond motifs is 2. The predicted octanol–water partition coefficient (Wildman–Crippen LogP) is -0.572. The molecule has 12 heteroatoms. The molecule has 1 aliphatic heterocycles. The van der Waals surface area contributed by atoms with Crippen LogP contribution in [0.15, 0.2) is 23.8 Å². The zero-order chi connectivity index (χ0) is 27.2. The number of carbonyl (C=O) groups excluding carboxylic acids is 3. The van der Waals surface area contributed by atoms with Crippen molar-refractivity contribution in [2.75, 3.05) is 6.61 Å². The maximum atomic E-state index is 13.1. The smallest absolute Gasteiger partial charge is 0.0952 e. The number of rotatable bonds is 6. The first-order valence-corrected chi connectivity index (χ1v) is 12.1. The van der Waals surface area contributed by atoms with E-state index in [-0.39, 0.29) is 23.1 Å². The van der Waals surface area contributed by atoms with Crippen molar-refractivity contribution in [3.8, 4) is 11.5 Å². The molecule has 0 aromatic heterocycles. The quantitative estimate of drug-likeness (QED) is 0.244. The minimum atomic E-state index is -2.23. The fraction of sp³-hybridized carbons (Fsp3) is 0.440. The molecule has 2 aliphatic carbocycles. The molecule has 37 heavy (non-hydrogen) atoms. The van der Waals surface area contributed by atoms with Crippen molar-refractivity contribution in [3.05, 3.63) is 46.1 Å². The standard InChI is InChI=1S/C25H27NO10.Co/c1-3-4-11-5-14(28)19-20(22(11)31)23(32)12-7-25(34,16(29)9-27)8-15(18(12)24(19)33)36-17-6-13(26)21(30)10(2)35-17;/h1,3-5,10,13,15,17,21,27,30,32-34H,6-9,26H2,2H3;/b4-3-;/t10-,13-,15-,17-,21+,25-;/m0./s1. The second-order valence-electron chi connectivity index (χ2n) is 9.38. The summed E-state index contributed by atoms with van der Waals surface area (Å²) >= 11 is 3.96. The largest absolute Gasteiger partial charge is 0.389 e. The number of nitrogens with two attached hydrogens (primary N) is 1. The molecule has 0 saturated carbocycles. The van der Waals surface area contributed by atoms with E-state index in [0.29, 0.717) is 0 Å². The van der Waals surface area contributed by atoms with Crippen molar-refractivity contribution in [1.29, 1.82) is 0 Å². The molecule has 3 aliphatic rings. The van der Waals surface area contributed by atoms with Crippen LogP contribution < -0.4 is 5.73 Å². The molecule has 1 aromatic carbocycles. The van der Waals surface area contributed by atoms with Crippen molar-refractivity contribution in [3.63, 3.8) is 0 Å². The molecule has 0 spiro atoms. The van der Waals surface area contributed by atoms with Crippen LogP contribution in [0, 0.1) is 0 Å². The van der Waals surface area contributed by atoms with Gasteiger partial charge in [0, 0.05) is 12.5 Å². The summed E-state index contributed by atoms with van der Waals surface area (Å²) in [7, 11) is 0. The van der Waals surface area contributed by atoms with E-state index in [4.69, 9.17) is 15.2 Å². The Hall–Kier alpha value is -2.55. The van der Waals surface area contributed by atoms with Gasteiger partial charge in [-0.05, 0) is 6.92 Å². The summed E-state index contributed by atoms with van der Waals surface area (Å²) < 4.78 is 11.6. The fourth-order valence-electron chi connectivity index (χ4n) is 5.07. The molecule has 1 fully saturated rings. The summed E-state index contributed by atoms with van der Waals surface area (Å²) in [5.74, 6) is -3.82. The Kier molecular flexibility index (Phi) is 7.66. The Morgan fingerprint density at radius 2 is 2.00 bits per heavy atom. The number of benzene rings is 1. The number of aromatic hydroxyl groups is 2. The maximum absolute atomic E-state index is 13.1. The number of phenolic OH excluding ortho intramolecular Hbond substituents is 2. The van der Waals surface area contributed by atoms with Gasteiger partial charge in [-0.2, -0.15) is 0 Å². The number of allylic oxidation sites excluding steroid dienone is 4. The van der Waals surface area contributed by atoms with Crippen LogP contribution in [0.4, 0.5) is 0 Å². The molecule has 11 nitrogen and oxygen atoms in total. The molecule has 6 atom stereocenters. The van der Waals surface area contributed by atoms with E-state index in [9.17, 15) is 39.9 Å². The molecule has 0 amide bonds. The summed E-state index contributed by atoms with van der Waals surface area (Å²) in [6.07, 6.45) is -1.31. The van der Waals surface area contributed by atoms with Crippen LogP contribution in [-0.4, -0.2) is 84.6 Å². The molecule has 1 aromatic rings. The monoisotopic (exact) mass is 560 g/mol. The maximum Gasteiger partial charge on any atom is 0.0952 e. The number of aliphatic hydroxyl groups is 3. The van der Waals surface area contributed by atoms with E-state index in [2.05, 4.69) is 15.3 Å². The zero-order valence-electron chi connectivity index (χ0n) is 19.7. The van der Waals surface area contributed by atoms with Gasteiger partial charge in [0.1, 0.15) is 0 Å². The van der Waals surface area contributed by atoms with E-state index in [1.165, 1.54) is 17.1 Å². The summed E-state index contributed by atoms with van der Waals surface area (Å²) in [6.45, 7) is 0.563. The van der Waals surface area contributed by atoms with Crippen molar-refractivity contribution >= 4 is 22.3 Å². The number of ether oxygens (including phenoxy) is 2. The summed E-state index contributed by atoms with van der Waals surface area (Å²) in [6, 6.07) is -0.717. The van der Waals surface area contributed by atoms with Crippen molar-refractivity contribution in [1.82, 2.24) is 0 Å². The number of carbonyl (C=O) groups is 3. The first-order chi connectivity index (χ1) is 17.4. The summed E-state index contributed by atoms with van der Waals surface area (Å²) in [5, 5.41) is 53.1. The van der Waals surface area contributed by atoms with Gasteiger partial charge in [0.05, 0.1) is 12.2 Å². The fourth-order valence-corrected chi connectivity index (χ4v) is 5.17. The van der Waals surface area contributed by atoms with Crippen LogP contribution in [0.1, 0.15) is 57.7 Å². The third kappa shape index (κ3) is 4.75. The summed E-state index contributed by atoms with van der Waals surface area (Å²) in [4.78, 5) is 39.9. The van der Waals surface area contributed by atoms with Gasteiger partial charge in [-0.1, -0.05) is 0 Å². The average Bonchev–Trinajstić information content (AvgIpc) is 2.85. The van der Waals surface area contributed by atoms with Crippen molar-refractivity contribution in [2.45, 2.75) is 62.4 Å². The Labute approximate surface area is 219 Å². The van der Waals surface area contributed by atoms with Gasteiger partial charge in [-0.25, -0.2) is 0 Å². The normalized spacial score (nSPS) is 31.6. The van der Waals surface area contributed by atoms with Gasteiger partial charge in [-0.15, -0.1) is 0 Å². The zero-order valence-corrected chi connectivity index (χ0v) is 20.8. The van der Waals surface area contributed by atoms with Crippen LogP contribution >= 0.6 is 0 Å². The Morgan fingerprint density at radius 3 is 2.62 bits per heavy atom. The van der Waals surface area contributed by atoms with Crippen LogP contribution in [0.5, 0.6) is 11.5 Å². The number of aliphatic hydroxyl groups excluding tert-OH is 2. The molecule has 0 radical (unpaired) electrons. The average molecular weight is 560 g/mol. The Balaban J connectivity index is 1.86. The van der Waals surface area contributed by atoms with E-state index in [1.807, 2.05) is 0 Å². The predicted molar refractivity (Wildman–Crippen MR) is 124 cm³/mol. The summed E-state index contributed by atoms with van der Waals surface area (Å²) in [5.41, 5.74) is 2.47. The second kappa shape index (κ2) is 10.3. The van der Waals surface area contributed by atoms with Gasteiger partial charge >= 0.3 is 167 Å². The van der Waals surface area contributed by atoms with Crippen molar-refractivity contribution < 1.29 is 64.7 Å². The number of hydrogen-bond donors (Lipinski definition) is 6. The molecule has 7 N–H and O–H groups in total. The molecule has 4 rings (SSSR count). The van der Waals surface area contributed by atoms with Crippen LogP contribution in [0.25, 0.3) is 0 Å². The van der Waals surface area contributed by atoms with Crippen LogP contribution in [0.2, 0.25) is 0 Å². The van der Waals surface area contributed by atoms with Crippen LogP contribution in [0.3, 0.4) is 0 Å².